The van der Waals surface area contributed by atoms with Crippen LogP contribution in [0.15, 0.2) is 30.3 Å². The Balaban J connectivity index is 2.29. The number of esters is 1. The maximum absolute atomic E-state index is 11.9. The molecule has 0 saturated carbocycles. The Morgan fingerprint density at radius 2 is 1.85 bits per heavy atom. The molecule has 0 aliphatic rings. The van der Waals surface area contributed by atoms with Gasteiger partial charge in [-0.2, -0.15) is 0 Å². The summed E-state index contributed by atoms with van der Waals surface area (Å²) in [5.41, 5.74) is 1.07. The molecule has 0 amide bonds. The van der Waals surface area contributed by atoms with Gasteiger partial charge in [0.1, 0.15) is 11.7 Å². The summed E-state index contributed by atoms with van der Waals surface area (Å²) in [6.45, 7) is 4.64. The highest BCUT2D eigenvalue weighted by Gasteiger charge is 2.25. The first-order valence-electron chi connectivity index (χ1n) is 7.00. The van der Waals surface area contributed by atoms with Gasteiger partial charge in [0.25, 0.3) is 0 Å². The molecule has 0 bridgehead atoms. The molecule has 4 nitrogen and oxygen atoms in total. The van der Waals surface area contributed by atoms with Crippen LogP contribution in [-0.4, -0.2) is 25.0 Å². The normalized spacial score (nSPS) is 11.9. The molecule has 0 aliphatic carbocycles. The van der Waals surface area contributed by atoms with Crippen molar-refractivity contribution in [2.75, 3.05) is 13.2 Å². The second kappa shape index (κ2) is 9.26. The fourth-order valence-electron chi connectivity index (χ4n) is 1.88. The zero-order valence-electron chi connectivity index (χ0n) is 12.1. The maximum atomic E-state index is 11.9. The topological polar surface area (TPSA) is 52.6 Å². The summed E-state index contributed by atoms with van der Waals surface area (Å²) in [5, 5.41) is 0. The highest BCUT2D eigenvalue weighted by molar-refractivity contribution is 5.98. The summed E-state index contributed by atoms with van der Waals surface area (Å²) in [5.74, 6) is -1.20. The van der Waals surface area contributed by atoms with Crippen molar-refractivity contribution in [2.24, 2.45) is 5.92 Å². The lowest BCUT2D eigenvalue weighted by Gasteiger charge is -2.12. The molecule has 0 saturated heterocycles. The van der Waals surface area contributed by atoms with Crippen LogP contribution in [0.2, 0.25) is 0 Å². The van der Waals surface area contributed by atoms with Gasteiger partial charge in [0.2, 0.25) is 0 Å². The molecule has 4 heteroatoms. The van der Waals surface area contributed by atoms with E-state index in [0.717, 1.165) is 5.56 Å². The molecule has 1 rings (SSSR count). The Morgan fingerprint density at radius 3 is 2.45 bits per heavy atom. The van der Waals surface area contributed by atoms with Crippen LogP contribution in [0.1, 0.15) is 32.3 Å². The molecule has 1 atom stereocenters. The van der Waals surface area contributed by atoms with Crippen LogP contribution in [0.3, 0.4) is 0 Å². The Hall–Kier alpha value is -1.68. The number of ether oxygens (including phenoxy) is 2. The van der Waals surface area contributed by atoms with E-state index in [1.54, 1.807) is 6.92 Å². The average molecular weight is 278 g/mol. The number of hydrogen-bond acceptors (Lipinski definition) is 4. The predicted molar refractivity (Wildman–Crippen MR) is 76.1 cm³/mol. The van der Waals surface area contributed by atoms with Crippen molar-refractivity contribution in [3.8, 4) is 0 Å². The standard InChI is InChI=1S/C16H22O4/c1-3-14(16(18)20-4-2)15(17)10-11-19-12-13-8-6-5-7-9-13/h5-9,14H,3-4,10-12H2,1-2H3. The van der Waals surface area contributed by atoms with Crippen molar-refractivity contribution in [1.82, 2.24) is 0 Å². The van der Waals surface area contributed by atoms with Crippen LogP contribution in [0.5, 0.6) is 0 Å². The number of ketones is 1. The average Bonchev–Trinajstić information content (AvgIpc) is 2.46. The van der Waals surface area contributed by atoms with E-state index in [0.29, 0.717) is 26.2 Å². The van der Waals surface area contributed by atoms with Gasteiger partial charge in [0.15, 0.2) is 0 Å². The van der Waals surface area contributed by atoms with Crippen molar-refractivity contribution in [2.45, 2.75) is 33.3 Å². The molecule has 1 unspecified atom stereocenters. The van der Waals surface area contributed by atoms with Crippen molar-refractivity contribution >= 4 is 11.8 Å². The fraction of sp³-hybridized carbons (Fsp3) is 0.500. The summed E-state index contributed by atoms with van der Waals surface area (Å²) >= 11 is 0. The van der Waals surface area contributed by atoms with Crippen LogP contribution >= 0.6 is 0 Å². The van der Waals surface area contributed by atoms with Crippen LogP contribution in [0.25, 0.3) is 0 Å². The lowest BCUT2D eigenvalue weighted by Crippen LogP contribution is -2.26. The van der Waals surface area contributed by atoms with Gasteiger partial charge in [-0.05, 0) is 18.9 Å². The molecule has 1 aromatic carbocycles. The van der Waals surface area contributed by atoms with E-state index in [4.69, 9.17) is 9.47 Å². The number of rotatable bonds is 9. The molecule has 0 spiro atoms. The summed E-state index contributed by atoms with van der Waals surface area (Å²) in [7, 11) is 0. The van der Waals surface area contributed by atoms with E-state index in [-0.39, 0.29) is 12.2 Å². The van der Waals surface area contributed by atoms with Crippen LogP contribution in [0, 0.1) is 5.92 Å². The summed E-state index contributed by atoms with van der Waals surface area (Å²) < 4.78 is 10.3. The molecule has 0 aliphatic heterocycles. The minimum absolute atomic E-state index is 0.112. The number of hydrogen-bond donors (Lipinski definition) is 0. The molecule has 20 heavy (non-hydrogen) atoms. The van der Waals surface area contributed by atoms with E-state index < -0.39 is 11.9 Å². The number of Topliss-reactive ketones (excluding diaryl/α,β-unsaturated/α-hetero) is 1. The van der Waals surface area contributed by atoms with Crippen LogP contribution < -0.4 is 0 Å². The quantitative estimate of drug-likeness (QED) is 0.396. The molecular formula is C16H22O4. The second-order valence-electron chi connectivity index (χ2n) is 4.47. The predicted octanol–water partition coefficient (Wildman–Crippen LogP) is 2.75. The van der Waals surface area contributed by atoms with Crippen LogP contribution in [0.4, 0.5) is 0 Å². The third-order valence-electron chi connectivity index (χ3n) is 2.97. The van der Waals surface area contributed by atoms with Gasteiger partial charge in [0, 0.05) is 6.42 Å². The van der Waals surface area contributed by atoms with Crippen molar-refractivity contribution in [3.05, 3.63) is 35.9 Å². The molecule has 110 valence electrons. The molecule has 0 radical (unpaired) electrons. The van der Waals surface area contributed by atoms with Gasteiger partial charge in [-0.3, -0.25) is 9.59 Å². The van der Waals surface area contributed by atoms with Crippen LogP contribution in [-0.2, 0) is 25.7 Å². The van der Waals surface area contributed by atoms with Gasteiger partial charge >= 0.3 is 5.97 Å². The lowest BCUT2D eigenvalue weighted by atomic mass is 9.99. The molecule has 0 N–H and O–H groups in total. The largest absolute Gasteiger partial charge is 0.465 e. The smallest absolute Gasteiger partial charge is 0.316 e. The molecular weight excluding hydrogens is 256 g/mol. The highest BCUT2D eigenvalue weighted by Crippen LogP contribution is 2.10. The summed E-state index contributed by atoms with van der Waals surface area (Å²) in [6.07, 6.45) is 0.709. The maximum Gasteiger partial charge on any atom is 0.316 e. The molecule has 0 heterocycles. The molecule has 1 aromatic rings. The van der Waals surface area contributed by atoms with Gasteiger partial charge in [-0.1, -0.05) is 37.3 Å². The third kappa shape index (κ3) is 5.53. The number of carbonyl (C=O) groups is 2. The highest BCUT2D eigenvalue weighted by atomic mass is 16.5. The Bertz CT molecular complexity index is 414. The van der Waals surface area contributed by atoms with Crippen molar-refractivity contribution in [3.63, 3.8) is 0 Å². The van der Waals surface area contributed by atoms with Crippen molar-refractivity contribution in [1.29, 1.82) is 0 Å². The first kappa shape index (κ1) is 16.4. The fourth-order valence-corrected chi connectivity index (χ4v) is 1.88. The lowest BCUT2D eigenvalue weighted by molar-refractivity contribution is -0.151. The zero-order valence-corrected chi connectivity index (χ0v) is 12.1. The van der Waals surface area contributed by atoms with E-state index >= 15 is 0 Å². The van der Waals surface area contributed by atoms with Crippen molar-refractivity contribution < 1.29 is 19.1 Å². The van der Waals surface area contributed by atoms with Gasteiger partial charge in [-0.15, -0.1) is 0 Å². The summed E-state index contributed by atoms with van der Waals surface area (Å²) in [6, 6.07) is 9.76. The Labute approximate surface area is 120 Å². The first-order valence-corrected chi connectivity index (χ1v) is 7.00. The van der Waals surface area contributed by atoms with E-state index in [1.165, 1.54) is 0 Å². The van der Waals surface area contributed by atoms with Gasteiger partial charge < -0.3 is 9.47 Å². The Kier molecular flexibility index (Phi) is 7.58. The molecule has 0 fully saturated rings. The van der Waals surface area contributed by atoms with Gasteiger partial charge in [0.05, 0.1) is 19.8 Å². The summed E-state index contributed by atoms with van der Waals surface area (Å²) in [4.78, 5) is 23.5. The Morgan fingerprint density at radius 1 is 1.15 bits per heavy atom. The first-order chi connectivity index (χ1) is 9.69. The number of benzene rings is 1. The zero-order chi connectivity index (χ0) is 14.8. The van der Waals surface area contributed by atoms with E-state index in [9.17, 15) is 9.59 Å². The van der Waals surface area contributed by atoms with Gasteiger partial charge in [-0.25, -0.2) is 0 Å². The SMILES string of the molecule is CCOC(=O)C(CC)C(=O)CCOCc1ccccc1. The monoisotopic (exact) mass is 278 g/mol. The minimum atomic E-state index is -0.657. The van der Waals surface area contributed by atoms with E-state index in [2.05, 4.69) is 0 Å². The minimum Gasteiger partial charge on any atom is -0.465 e. The molecule has 0 aromatic heterocycles. The second-order valence-corrected chi connectivity index (χ2v) is 4.47. The third-order valence-corrected chi connectivity index (χ3v) is 2.97. The van der Waals surface area contributed by atoms with E-state index in [1.807, 2.05) is 37.3 Å². The number of carbonyl (C=O) groups excluding carboxylic acids is 2.